The Labute approximate surface area is 149 Å². The molecule has 9 heteroatoms. The number of carbonyl (C=O) groups excluding carboxylic acids is 2. The molecule has 0 aromatic heterocycles. The molecule has 26 heavy (non-hydrogen) atoms. The molecule has 144 valence electrons. The molecule has 1 N–H and O–H groups in total. The number of benzene rings is 1. The van der Waals surface area contributed by atoms with Crippen molar-refractivity contribution in [3.8, 4) is 0 Å². The molecular formula is C17H21F3N2O4. The van der Waals surface area contributed by atoms with Gasteiger partial charge < -0.3 is 14.9 Å². The number of aliphatic carboxylic acids is 1. The summed E-state index contributed by atoms with van der Waals surface area (Å²) in [7, 11) is 3.18. The number of nitrogens with zero attached hydrogens (tertiary/aromatic N) is 2. The van der Waals surface area contributed by atoms with Gasteiger partial charge in [0.25, 0.3) is 0 Å². The van der Waals surface area contributed by atoms with Crippen LogP contribution in [0.3, 0.4) is 0 Å². The maximum atomic E-state index is 12.6. The molecular weight excluding hydrogens is 353 g/mol. The van der Waals surface area contributed by atoms with Crippen LogP contribution in [-0.4, -0.2) is 53.3 Å². The molecule has 0 atom stereocenters. The highest BCUT2D eigenvalue weighted by atomic mass is 19.4. The van der Waals surface area contributed by atoms with E-state index in [9.17, 15) is 27.6 Å². The topological polar surface area (TPSA) is 77.9 Å². The fourth-order valence-corrected chi connectivity index (χ4v) is 2.19. The summed E-state index contributed by atoms with van der Waals surface area (Å²) >= 11 is 0. The number of hydrogen-bond donors (Lipinski definition) is 1. The SMILES string of the molecule is CN(C)C(=O)CCCC(=O)N(CC(=O)O)Cc1ccc(C(F)(F)F)cc1. The van der Waals surface area contributed by atoms with Crippen LogP contribution in [0.5, 0.6) is 0 Å². The van der Waals surface area contributed by atoms with Crippen LogP contribution in [0.4, 0.5) is 13.2 Å². The van der Waals surface area contributed by atoms with E-state index in [1.165, 1.54) is 17.0 Å². The molecule has 0 radical (unpaired) electrons. The van der Waals surface area contributed by atoms with Crippen molar-refractivity contribution in [3.05, 3.63) is 35.4 Å². The highest BCUT2D eigenvalue weighted by molar-refractivity contribution is 5.82. The Morgan fingerprint density at radius 1 is 1.00 bits per heavy atom. The zero-order valence-electron chi connectivity index (χ0n) is 14.5. The van der Waals surface area contributed by atoms with Crippen LogP contribution in [0.1, 0.15) is 30.4 Å². The summed E-state index contributed by atoms with van der Waals surface area (Å²) in [6, 6.07) is 4.18. The third-order valence-electron chi connectivity index (χ3n) is 3.61. The number of carboxylic acids is 1. The first-order valence-electron chi connectivity index (χ1n) is 7.86. The number of carboxylic acid groups (broad SMARTS) is 1. The van der Waals surface area contributed by atoms with Gasteiger partial charge in [-0.25, -0.2) is 0 Å². The van der Waals surface area contributed by atoms with Gasteiger partial charge in [-0.15, -0.1) is 0 Å². The molecule has 0 saturated carbocycles. The van der Waals surface area contributed by atoms with E-state index in [4.69, 9.17) is 5.11 Å². The lowest BCUT2D eigenvalue weighted by molar-refractivity contribution is -0.145. The third kappa shape index (κ3) is 7.12. The Kier molecular flexibility index (Phi) is 7.60. The molecule has 0 heterocycles. The van der Waals surface area contributed by atoms with E-state index in [1.807, 2.05) is 0 Å². The molecule has 1 aromatic carbocycles. The highest BCUT2D eigenvalue weighted by Crippen LogP contribution is 2.29. The lowest BCUT2D eigenvalue weighted by atomic mass is 10.1. The van der Waals surface area contributed by atoms with E-state index < -0.39 is 30.2 Å². The number of halogens is 3. The van der Waals surface area contributed by atoms with Crippen molar-refractivity contribution in [2.24, 2.45) is 0 Å². The van der Waals surface area contributed by atoms with Crippen molar-refractivity contribution in [2.45, 2.75) is 32.0 Å². The van der Waals surface area contributed by atoms with Gasteiger partial charge in [-0.2, -0.15) is 13.2 Å². The summed E-state index contributed by atoms with van der Waals surface area (Å²) in [6.45, 7) is -0.688. The second kappa shape index (κ2) is 9.21. The minimum absolute atomic E-state index is 0.0203. The number of alkyl halides is 3. The average molecular weight is 374 g/mol. The van der Waals surface area contributed by atoms with Crippen LogP contribution >= 0.6 is 0 Å². The molecule has 0 unspecified atom stereocenters. The lowest BCUT2D eigenvalue weighted by Gasteiger charge is -2.21. The second-order valence-electron chi connectivity index (χ2n) is 5.98. The zero-order valence-corrected chi connectivity index (χ0v) is 14.5. The summed E-state index contributed by atoms with van der Waals surface area (Å²) in [4.78, 5) is 37.1. The van der Waals surface area contributed by atoms with Crippen molar-refractivity contribution in [3.63, 3.8) is 0 Å². The van der Waals surface area contributed by atoms with Crippen molar-refractivity contribution < 1.29 is 32.7 Å². The van der Waals surface area contributed by atoms with Gasteiger partial charge in [-0.05, 0) is 24.1 Å². The Hall–Kier alpha value is -2.58. The first-order chi connectivity index (χ1) is 12.0. The molecule has 0 aliphatic rings. The Balaban J connectivity index is 2.72. The molecule has 0 aliphatic heterocycles. The van der Waals surface area contributed by atoms with E-state index in [-0.39, 0.29) is 31.7 Å². The Morgan fingerprint density at radius 2 is 1.54 bits per heavy atom. The third-order valence-corrected chi connectivity index (χ3v) is 3.61. The maximum Gasteiger partial charge on any atom is 0.416 e. The van der Waals surface area contributed by atoms with Crippen LogP contribution in [0.25, 0.3) is 0 Å². The molecule has 0 aliphatic carbocycles. The summed E-state index contributed by atoms with van der Waals surface area (Å²) in [5, 5.41) is 8.94. The standard InChI is InChI=1S/C17H21F3N2O4/c1-21(2)14(23)4-3-5-15(24)22(11-16(25)26)10-12-6-8-13(9-7-12)17(18,19)20/h6-9H,3-5,10-11H2,1-2H3,(H,25,26). The summed E-state index contributed by atoms with van der Waals surface area (Å²) in [5.74, 6) is -1.85. The minimum atomic E-state index is -4.46. The largest absolute Gasteiger partial charge is 0.480 e. The van der Waals surface area contributed by atoms with Gasteiger partial charge in [-0.3, -0.25) is 14.4 Å². The monoisotopic (exact) mass is 374 g/mol. The van der Waals surface area contributed by atoms with Crippen LogP contribution in [0, 0.1) is 0 Å². The number of rotatable bonds is 8. The summed E-state index contributed by atoms with van der Waals surface area (Å²) in [6.07, 6.45) is -4.07. The van der Waals surface area contributed by atoms with Crippen LogP contribution < -0.4 is 0 Å². The maximum absolute atomic E-state index is 12.6. The predicted molar refractivity (Wildman–Crippen MR) is 87.0 cm³/mol. The minimum Gasteiger partial charge on any atom is -0.480 e. The quantitative estimate of drug-likeness (QED) is 0.758. The average Bonchev–Trinajstić information content (AvgIpc) is 2.53. The molecule has 1 rings (SSSR count). The van der Waals surface area contributed by atoms with Gasteiger partial charge in [0, 0.05) is 33.5 Å². The predicted octanol–water partition coefficient (Wildman–Crippen LogP) is 2.38. The Morgan fingerprint density at radius 3 is 2.00 bits per heavy atom. The van der Waals surface area contributed by atoms with E-state index in [1.54, 1.807) is 14.1 Å². The molecule has 1 aromatic rings. The van der Waals surface area contributed by atoms with E-state index in [2.05, 4.69) is 0 Å². The zero-order chi connectivity index (χ0) is 19.9. The van der Waals surface area contributed by atoms with Crippen molar-refractivity contribution in [1.82, 2.24) is 9.80 Å². The number of hydrogen-bond acceptors (Lipinski definition) is 3. The molecule has 2 amide bonds. The fourth-order valence-electron chi connectivity index (χ4n) is 2.19. The lowest BCUT2D eigenvalue weighted by Crippen LogP contribution is -2.35. The van der Waals surface area contributed by atoms with Crippen molar-refractivity contribution in [1.29, 1.82) is 0 Å². The van der Waals surface area contributed by atoms with Gasteiger partial charge >= 0.3 is 12.1 Å². The van der Waals surface area contributed by atoms with E-state index in [0.29, 0.717) is 5.56 Å². The van der Waals surface area contributed by atoms with E-state index in [0.717, 1.165) is 17.0 Å². The second-order valence-corrected chi connectivity index (χ2v) is 5.98. The summed E-state index contributed by atoms with van der Waals surface area (Å²) < 4.78 is 37.7. The van der Waals surface area contributed by atoms with E-state index >= 15 is 0 Å². The summed E-state index contributed by atoms with van der Waals surface area (Å²) in [5.41, 5.74) is -0.434. The molecule has 0 spiro atoms. The van der Waals surface area contributed by atoms with Crippen LogP contribution in [-0.2, 0) is 27.1 Å². The van der Waals surface area contributed by atoms with Crippen molar-refractivity contribution in [2.75, 3.05) is 20.6 Å². The number of carbonyl (C=O) groups is 3. The smallest absolute Gasteiger partial charge is 0.416 e. The molecule has 0 fully saturated rings. The highest BCUT2D eigenvalue weighted by Gasteiger charge is 2.30. The van der Waals surface area contributed by atoms with Gasteiger partial charge in [0.05, 0.1) is 5.56 Å². The Bertz CT molecular complexity index is 642. The normalized spacial score (nSPS) is 11.1. The van der Waals surface area contributed by atoms with Gasteiger partial charge in [-0.1, -0.05) is 12.1 Å². The first-order valence-corrected chi connectivity index (χ1v) is 7.86. The van der Waals surface area contributed by atoms with Crippen LogP contribution in [0.2, 0.25) is 0 Å². The number of amides is 2. The van der Waals surface area contributed by atoms with Gasteiger partial charge in [0.1, 0.15) is 6.54 Å². The molecule has 0 bridgehead atoms. The van der Waals surface area contributed by atoms with Crippen LogP contribution in [0.15, 0.2) is 24.3 Å². The molecule has 0 saturated heterocycles. The van der Waals surface area contributed by atoms with Gasteiger partial charge in [0.2, 0.25) is 11.8 Å². The van der Waals surface area contributed by atoms with Crippen molar-refractivity contribution >= 4 is 17.8 Å². The fraction of sp³-hybridized carbons (Fsp3) is 0.471. The molecule has 6 nitrogen and oxygen atoms in total. The first kappa shape index (κ1) is 21.5. The van der Waals surface area contributed by atoms with Gasteiger partial charge in [0.15, 0.2) is 0 Å².